The molecule has 1 saturated carbocycles. The summed E-state index contributed by atoms with van der Waals surface area (Å²) in [6.07, 6.45) is 5.34. The van der Waals surface area contributed by atoms with E-state index in [2.05, 4.69) is 10.6 Å². The largest absolute Gasteiger partial charge is 0.490 e. The number of rotatable bonds is 9. The summed E-state index contributed by atoms with van der Waals surface area (Å²) in [5, 5.41) is 17.3. The molecule has 0 heterocycles. The smallest absolute Gasteiger partial charge is 0.311 e. The molecule has 0 unspecified atom stereocenters. The van der Waals surface area contributed by atoms with E-state index in [0.717, 1.165) is 25.7 Å². The molecular weight excluding hydrogens is 466 g/mol. The van der Waals surface area contributed by atoms with Crippen molar-refractivity contribution in [3.63, 3.8) is 0 Å². The Hall–Kier alpha value is -2.78. The first-order chi connectivity index (χ1) is 15.9. The Morgan fingerprint density at radius 2 is 1.94 bits per heavy atom. The lowest BCUT2D eigenvalue weighted by molar-refractivity contribution is -0.385. The minimum atomic E-state index is -0.498. The maximum absolute atomic E-state index is 12.7. The minimum absolute atomic E-state index is 0.111. The maximum atomic E-state index is 12.7. The fourth-order valence-corrected chi connectivity index (χ4v) is 4.69. The van der Waals surface area contributed by atoms with Gasteiger partial charge in [0, 0.05) is 23.5 Å². The summed E-state index contributed by atoms with van der Waals surface area (Å²) in [6, 6.07) is 9.70. The maximum Gasteiger partial charge on any atom is 0.311 e. The minimum Gasteiger partial charge on any atom is -0.490 e. The van der Waals surface area contributed by atoms with Gasteiger partial charge in [0.05, 0.1) is 28.4 Å². The van der Waals surface area contributed by atoms with Crippen molar-refractivity contribution in [1.29, 1.82) is 0 Å². The van der Waals surface area contributed by atoms with Crippen molar-refractivity contribution >= 4 is 46.6 Å². The molecule has 2 aromatic rings. The van der Waals surface area contributed by atoms with Crippen LogP contribution in [0.5, 0.6) is 5.75 Å². The zero-order valence-corrected chi connectivity index (χ0v) is 19.8. The summed E-state index contributed by atoms with van der Waals surface area (Å²) in [5.41, 5.74) is 1.42. The van der Waals surface area contributed by atoms with Crippen LogP contribution in [0.4, 0.5) is 11.4 Å². The molecule has 0 atom stereocenters. The van der Waals surface area contributed by atoms with Crippen LogP contribution in [-0.4, -0.2) is 35.6 Å². The third-order valence-electron chi connectivity index (χ3n) is 5.38. The first-order valence-corrected chi connectivity index (χ1v) is 12.2. The number of hydrogen-bond acceptors (Lipinski definition) is 6. The van der Waals surface area contributed by atoms with Gasteiger partial charge in [-0.25, -0.2) is 0 Å². The van der Waals surface area contributed by atoms with Gasteiger partial charge in [0.15, 0.2) is 5.75 Å². The molecule has 176 valence electrons. The van der Waals surface area contributed by atoms with Crippen molar-refractivity contribution in [3.05, 3.63) is 62.7 Å². The molecule has 1 aliphatic rings. The summed E-state index contributed by atoms with van der Waals surface area (Å²) in [7, 11) is 1.38. The van der Waals surface area contributed by atoms with Gasteiger partial charge >= 0.3 is 5.69 Å². The second-order valence-electron chi connectivity index (χ2n) is 7.81. The van der Waals surface area contributed by atoms with E-state index in [4.69, 9.17) is 16.3 Å². The van der Waals surface area contributed by atoms with Crippen molar-refractivity contribution < 1.29 is 19.2 Å². The predicted molar refractivity (Wildman–Crippen MR) is 130 cm³/mol. The van der Waals surface area contributed by atoms with Gasteiger partial charge in [-0.2, -0.15) is 0 Å². The van der Waals surface area contributed by atoms with Crippen molar-refractivity contribution in [3.8, 4) is 5.75 Å². The number of benzene rings is 2. The number of anilines is 1. The third-order valence-corrected chi connectivity index (χ3v) is 6.71. The highest BCUT2D eigenvalue weighted by Crippen LogP contribution is 2.29. The number of nitro benzene ring substituents is 1. The SMILES string of the molecule is COc1ccc(CSCC(=O)Nc2ccc(Cl)c(C(=O)NC3CCCCC3)c2)cc1[N+](=O)[O-]. The molecule has 1 fully saturated rings. The van der Waals surface area contributed by atoms with E-state index >= 15 is 0 Å². The standard InChI is InChI=1S/C23H26ClN3O5S/c1-32-21-10-7-15(11-20(21)27(30)31)13-33-14-22(28)25-17-8-9-19(24)18(12-17)23(29)26-16-5-3-2-4-6-16/h7-12,16H,2-6,13-14H2,1H3,(H,25,28)(H,26,29). The molecule has 2 aromatic carbocycles. The Morgan fingerprint density at radius 3 is 2.64 bits per heavy atom. The predicted octanol–water partition coefficient (Wildman–Crippen LogP) is 5.19. The topological polar surface area (TPSA) is 111 Å². The molecule has 33 heavy (non-hydrogen) atoms. The van der Waals surface area contributed by atoms with Crippen LogP contribution in [0.1, 0.15) is 48.0 Å². The highest BCUT2D eigenvalue weighted by atomic mass is 35.5. The number of nitrogens with zero attached hydrogens (tertiary/aromatic N) is 1. The lowest BCUT2D eigenvalue weighted by atomic mass is 9.95. The van der Waals surface area contributed by atoms with Crippen LogP contribution in [0.25, 0.3) is 0 Å². The lowest BCUT2D eigenvalue weighted by Gasteiger charge is -2.23. The number of amides is 2. The molecule has 0 radical (unpaired) electrons. The molecule has 2 amide bonds. The Kier molecular flexibility index (Phi) is 8.96. The van der Waals surface area contributed by atoms with Crippen molar-refractivity contribution in [2.24, 2.45) is 0 Å². The number of methoxy groups -OCH3 is 1. The third kappa shape index (κ3) is 7.10. The average Bonchev–Trinajstić information content (AvgIpc) is 2.80. The number of thioether (sulfide) groups is 1. The van der Waals surface area contributed by atoms with Gasteiger partial charge in [-0.3, -0.25) is 19.7 Å². The summed E-state index contributed by atoms with van der Waals surface area (Å²) in [5.74, 6) is 0.278. The van der Waals surface area contributed by atoms with Gasteiger partial charge in [0.1, 0.15) is 0 Å². The molecule has 0 bridgehead atoms. The van der Waals surface area contributed by atoms with Crippen molar-refractivity contribution in [1.82, 2.24) is 5.32 Å². The fourth-order valence-electron chi connectivity index (χ4n) is 3.71. The number of carbonyl (C=O) groups excluding carboxylic acids is 2. The molecule has 1 aliphatic carbocycles. The summed E-state index contributed by atoms with van der Waals surface area (Å²) in [6.45, 7) is 0. The molecule has 8 nitrogen and oxygen atoms in total. The summed E-state index contributed by atoms with van der Waals surface area (Å²) in [4.78, 5) is 35.7. The lowest BCUT2D eigenvalue weighted by Crippen LogP contribution is -2.36. The molecule has 0 aliphatic heterocycles. The molecule has 3 rings (SSSR count). The van der Waals surface area contributed by atoms with Gasteiger partial charge in [-0.15, -0.1) is 11.8 Å². The zero-order chi connectivity index (χ0) is 23.8. The summed E-state index contributed by atoms with van der Waals surface area (Å²) >= 11 is 7.54. The van der Waals surface area contributed by atoms with E-state index in [9.17, 15) is 19.7 Å². The molecule has 0 saturated heterocycles. The van der Waals surface area contributed by atoms with Gasteiger partial charge in [0.2, 0.25) is 5.91 Å². The molecule has 10 heteroatoms. The number of hydrogen-bond donors (Lipinski definition) is 2. The van der Waals surface area contributed by atoms with Crippen LogP contribution in [0.2, 0.25) is 5.02 Å². The van der Waals surface area contributed by atoms with Gasteiger partial charge in [-0.05, 0) is 42.7 Å². The summed E-state index contributed by atoms with van der Waals surface area (Å²) < 4.78 is 5.00. The molecule has 0 spiro atoms. The monoisotopic (exact) mass is 491 g/mol. The van der Waals surface area contributed by atoms with Gasteiger partial charge in [0.25, 0.3) is 5.91 Å². The van der Waals surface area contributed by atoms with Crippen molar-refractivity contribution in [2.45, 2.75) is 43.9 Å². The quantitative estimate of drug-likeness (QED) is 0.369. The van der Waals surface area contributed by atoms with E-state index in [-0.39, 0.29) is 35.0 Å². The second kappa shape index (κ2) is 11.9. The van der Waals surface area contributed by atoms with Crippen LogP contribution >= 0.6 is 23.4 Å². The Labute approximate surface area is 201 Å². The Balaban J connectivity index is 1.54. The normalized spacial score (nSPS) is 13.9. The van der Waals surface area contributed by atoms with E-state index in [1.807, 2.05) is 0 Å². The highest BCUT2D eigenvalue weighted by Gasteiger charge is 2.19. The van der Waals surface area contributed by atoms with Crippen LogP contribution in [0.3, 0.4) is 0 Å². The van der Waals surface area contributed by atoms with E-state index in [1.165, 1.54) is 31.4 Å². The fraction of sp³-hybridized carbons (Fsp3) is 0.391. The number of halogens is 1. The zero-order valence-electron chi connectivity index (χ0n) is 18.3. The highest BCUT2D eigenvalue weighted by molar-refractivity contribution is 7.99. The van der Waals surface area contributed by atoms with Crippen LogP contribution < -0.4 is 15.4 Å². The first kappa shape index (κ1) is 24.9. The van der Waals surface area contributed by atoms with Crippen molar-refractivity contribution in [2.75, 3.05) is 18.2 Å². The Morgan fingerprint density at radius 1 is 1.18 bits per heavy atom. The van der Waals surface area contributed by atoms with Crippen LogP contribution in [-0.2, 0) is 10.5 Å². The number of ether oxygens (including phenoxy) is 1. The number of nitro groups is 1. The van der Waals surface area contributed by atoms with Gasteiger partial charge in [-0.1, -0.05) is 36.9 Å². The number of nitrogens with one attached hydrogen (secondary N) is 2. The van der Waals surface area contributed by atoms with E-state index in [1.54, 1.807) is 30.3 Å². The molecule has 0 aromatic heterocycles. The van der Waals surface area contributed by atoms with Crippen LogP contribution in [0.15, 0.2) is 36.4 Å². The Bertz CT molecular complexity index is 1030. The van der Waals surface area contributed by atoms with E-state index < -0.39 is 4.92 Å². The first-order valence-electron chi connectivity index (χ1n) is 10.7. The van der Waals surface area contributed by atoms with Crippen LogP contribution in [0, 0.1) is 10.1 Å². The molecular formula is C23H26ClN3O5S. The average molecular weight is 492 g/mol. The van der Waals surface area contributed by atoms with E-state index in [0.29, 0.717) is 27.6 Å². The molecule has 2 N–H and O–H groups in total. The van der Waals surface area contributed by atoms with Gasteiger partial charge < -0.3 is 15.4 Å². The number of carbonyl (C=O) groups is 2. The second-order valence-corrected chi connectivity index (χ2v) is 9.20.